The minimum atomic E-state index is 0.668. The zero-order valence-electron chi connectivity index (χ0n) is 19.3. The summed E-state index contributed by atoms with van der Waals surface area (Å²) in [5.41, 5.74) is 4.97. The van der Waals surface area contributed by atoms with Crippen LogP contribution in [0, 0.1) is 6.92 Å². The van der Waals surface area contributed by atoms with E-state index in [0.717, 1.165) is 72.5 Å². The lowest BCUT2D eigenvalue weighted by Gasteiger charge is -2.27. The Morgan fingerprint density at radius 1 is 1.03 bits per heavy atom. The van der Waals surface area contributed by atoms with Crippen molar-refractivity contribution in [3.05, 3.63) is 54.0 Å². The summed E-state index contributed by atoms with van der Waals surface area (Å²) < 4.78 is 0. The van der Waals surface area contributed by atoms with Crippen molar-refractivity contribution in [1.82, 2.24) is 35.1 Å². The lowest BCUT2D eigenvalue weighted by atomic mass is 10.1. The predicted molar refractivity (Wildman–Crippen MR) is 132 cm³/mol. The Morgan fingerprint density at radius 2 is 1.88 bits per heavy atom. The summed E-state index contributed by atoms with van der Waals surface area (Å²) in [5.74, 6) is 3.08. The Labute approximate surface area is 193 Å². The van der Waals surface area contributed by atoms with Crippen LogP contribution in [-0.2, 0) is 6.54 Å². The number of hydrogen-bond donors (Lipinski definition) is 3. The van der Waals surface area contributed by atoms with Crippen molar-refractivity contribution in [2.45, 2.75) is 13.5 Å². The van der Waals surface area contributed by atoms with Gasteiger partial charge < -0.3 is 20.5 Å². The summed E-state index contributed by atoms with van der Waals surface area (Å²) in [6, 6.07) is 12.3. The molecule has 1 aliphatic rings. The maximum Gasteiger partial charge on any atom is 0.206 e. The van der Waals surface area contributed by atoms with Crippen LogP contribution in [0.3, 0.4) is 0 Å². The van der Waals surface area contributed by atoms with Gasteiger partial charge in [-0.1, -0.05) is 6.07 Å². The van der Waals surface area contributed by atoms with E-state index in [1.54, 1.807) is 0 Å². The average molecular weight is 444 g/mol. The SMILES string of the molecule is Cc1nc(-c2ccc3nc(Nc4cc(CN5CCNCC5)ccn4)[nH]c3c2)cc(N(C)C)n1. The fourth-order valence-corrected chi connectivity index (χ4v) is 4.05. The molecule has 9 heteroatoms. The molecular formula is C24H29N9. The van der Waals surface area contributed by atoms with Gasteiger partial charge in [0, 0.05) is 64.6 Å². The van der Waals surface area contributed by atoms with Crippen molar-refractivity contribution in [2.24, 2.45) is 0 Å². The zero-order chi connectivity index (χ0) is 22.8. The van der Waals surface area contributed by atoms with Crippen LogP contribution < -0.4 is 15.5 Å². The van der Waals surface area contributed by atoms with Crippen molar-refractivity contribution < 1.29 is 0 Å². The molecule has 33 heavy (non-hydrogen) atoms. The molecule has 4 heterocycles. The predicted octanol–water partition coefficient (Wildman–Crippen LogP) is 2.94. The fraction of sp³-hybridized carbons (Fsp3) is 0.333. The average Bonchev–Trinajstić information content (AvgIpc) is 3.21. The van der Waals surface area contributed by atoms with E-state index in [2.05, 4.69) is 58.7 Å². The number of hydrogen-bond acceptors (Lipinski definition) is 8. The number of anilines is 3. The van der Waals surface area contributed by atoms with Crippen molar-refractivity contribution in [3.63, 3.8) is 0 Å². The van der Waals surface area contributed by atoms with Gasteiger partial charge in [-0.05, 0) is 36.8 Å². The number of pyridine rings is 1. The van der Waals surface area contributed by atoms with Gasteiger partial charge in [0.25, 0.3) is 0 Å². The lowest BCUT2D eigenvalue weighted by Crippen LogP contribution is -2.42. The van der Waals surface area contributed by atoms with Crippen LogP contribution in [0.4, 0.5) is 17.6 Å². The Morgan fingerprint density at radius 3 is 2.70 bits per heavy atom. The number of benzene rings is 1. The highest BCUT2D eigenvalue weighted by Gasteiger charge is 2.12. The number of H-pyrrole nitrogens is 1. The van der Waals surface area contributed by atoms with Crippen LogP contribution >= 0.6 is 0 Å². The van der Waals surface area contributed by atoms with Crippen molar-refractivity contribution >= 4 is 28.6 Å². The number of aromatic nitrogens is 5. The normalized spacial score (nSPS) is 14.5. The van der Waals surface area contributed by atoms with Gasteiger partial charge in [0.15, 0.2) is 0 Å². The van der Waals surface area contributed by atoms with E-state index >= 15 is 0 Å². The molecule has 0 atom stereocenters. The molecule has 1 aromatic carbocycles. The fourth-order valence-electron chi connectivity index (χ4n) is 4.05. The standard InChI is InChI=1S/C24H29N9/c1-16-27-20(14-23(28-16)32(2)3)18-4-5-19-21(13-18)30-24(29-19)31-22-12-17(6-7-26-22)15-33-10-8-25-9-11-33/h4-7,12-14,25H,8-11,15H2,1-3H3,(H2,26,29,30,31). The van der Waals surface area contributed by atoms with Gasteiger partial charge in [0.05, 0.1) is 16.7 Å². The molecule has 0 bridgehead atoms. The smallest absolute Gasteiger partial charge is 0.206 e. The first-order chi connectivity index (χ1) is 16.0. The van der Waals surface area contributed by atoms with E-state index in [1.807, 2.05) is 50.3 Å². The third-order valence-electron chi connectivity index (χ3n) is 5.75. The molecule has 0 radical (unpaired) electrons. The Bertz CT molecular complexity index is 1260. The molecule has 0 aliphatic carbocycles. The summed E-state index contributed by atoms with van der Waals surface area (Å²) in [6.45, 7) is 7.06. The van der Waals surface area contributed by atoms with Crippen LogP contribution in [0.1, 0.15) is 11.4 Å². The van der Waals surface area contributed by atoms with Crippen LogP contribution in [0.2, 0.25) is 0 Å². The van der Waals surface area contributed by atoms with Gasteiger partial charge in [-0.15, -0.1) is 0 Å². The van der Waals surface area contributed by atoms with Gasteiger partial charge in [-0.3, -0.25) is 4.90 Å². The Hall–Kier alpha value is -3.56. The van der Waals surface area contributed by atoms with Crippen LogP contribution in [-0.4, -0.2) is 70.1 Å². The molecular weight excluding hydrogens is 414 g/mol. The van der Waals surface area contributed by atoms with E-state index in [-0.39, 0.29) is 0 Å². The minimum Gasteiger partial charge on any atom is -0.363 e. The molecule has 170 valence electrons. The molecule has 0 unspecified atom stereocenters. The number of imidazole rings is 1. The number of piperazine rings is 1. The highest BCUT2D eigenvalue weighted by atomic mass is 15.2. The number of aromatic amines is 1. The summed E-state index contributed by atoms with van der Waals surface area (Å²) in [6.07, 6.45) is 1.85. The first-order valence-electron chi connectivity index (χ1n) is 11.2. The monoisotopic (exact) mass is 443 g/mol. The van der Waals surface area contributed by atoms with Gasteiger partial charge in [0.2, 0.25) is 5.95 Å². The number of fused-ring (bicyclic) bond motifs is 1. The molecule has 4 aromatic rings. The summed E-state index contributed by atoms with van der Waals surface area (Å²) in [7, 11) is 3.96. The lowest BCUT2D eigenvalue weighted by molar-refractivity contribution is 0.233. The number of nitrogens with zero attached hydrogens (tertiary/aromatic N) is 6. The van der Waals surface area contributed by atoms with Gasteiger partial charge >= 0.3 is 0 Å². The van der Waals surface area contributed by atoms with Crippen molar-refractivity contribution in [2.75, 3.05) is 50.5 Å². The minimum absolute atomic E-state index is 0.668. The van der Waals surface area contributed by atoms with E-state index < -0.39 is 0 Å². The number of aryl methyl sites for hydroxylation is 1. The highest BCUT2D eigenvalue weighted by molar-refractivity contribution is 5.83. The molecule has 1 saturated heterocycles. The van der Waals surface area contributed by atoms with Crippen LogP contribution in [0.5, 0.6) is 0 Å². The number of nitrogens with one attached hydrogen (secondary N) is 3. The van der Waals surface area contributed by atoms with Crippen LogP contribution in [0.25, 0.3) is 22.3 Å². The summed E-state index contributed by atoms with van der Waals surface area (Å²) in [4.78, 5) is 26.1. The summed E-state index contributed by atoms with van der Waals surface area (Å²) in [5, 5.41) is 6.72. The van der Waals surface area contributed by atoms with Gasteiger partial charge in [-0.2, -0.15) is 0 Å². The topological polar surface area (TPSA) is 97.9 Å². The molecule has 0 amide bonds. The highest BCUT2D eigenvalue weighted by Crippen LogP contribution is 2.26. The molecule has 3 N–H and O–H groups in total. The van der Waals surface area contributed by atoms with Crippen molar-refractivity contribution in [1.29, 1.82) is 0 Å². The Kier molecular flexibility index (Phi) is 5.89. The molecule has 9 nitrogen and oxygen atoms in total. The van der Waals surface area contributed by atoms with E-state index in [1.165, 1.54) is 5.56 Å². The third-order valence-corrected chi connectivity index (χ3v) is 5.75. The second kappa shape index (κ2) is 9.13. The number of rotatable bonds is 6. The first-order valence-corrected chi connectivity index (χ1v) is 11.2. The molecule has 0 spiro atoms. The maximum atomic E-state index is 4.69. The van der Waals surface area contributed by atoms with Crippen molar-refractivity contribution in [3.8, 4) is 11.3 Å². The second-order valence-corrected chi connectivity index (χ2v) is 8.57. The van der Waals surface area contributed by atoms with E-state index in [0.29, 0.717) is 5.95 Å². The Balaban J connectivity index is 1.36. The third kappa shape index (κ3) is 4.94. The molecule has 0 saturated carbocycles. The van der Waals surface area contributed by atoms with Gasteiger partial charge in [0.1, 0.15) is 17.5 Å². The van der Waals surface area contributed by atoms with Crippen LogP contribution in [0.15, 0.2) is 42.6 Å². The summed E-state index contributed by atoms with van der Waals surface area (Å²) >= 11 is 0. The maximum absolute atomic E-state index is 4.69. The second-order valence-electron chi connectivity index (χ2n) is 8.57. The van der Waals surface area contributed by atoms with Gasteiger partial charge in [-0.25, -0.2) is 19.9 Å². The molecule has 3 aromatic heterocycles. The molecule has 1 aliphatic heterocycles. The zero-order valence-corrected chi connectivity index (χ0v) is 19.3. The van der Waals surface area contributed by atoms with E-state index in [9.17, 15) is 0 Å². The first kappa shape index (κ1) is 21.3. The quantitative estimate of drug-likeness (QED) is 0.419. The molecule has 5 rings (SSSR count). The molecule has 1 fully saturated rings. The largest absolute Gasteiger partial charge is 0.363 e. The van der Waals surface area contributed by atoms with E-state index in [4.69, 9.17) is 0 Å².